The highest BCUT2D eigenvalue weighted by molar-refractivity contribution is 5.72. The van der Waals surface area contributed by atoms with Gasteiger partial charge in [0.05, 0.1) is 0 Å². The molecule has 2 amide bonds. The summed E-state index contributed by atoms with van der Waals surface area (Å²) >= 11 is 0. The van der Waals surface area contributed by atoms with Crippen LogP contribution < -0.4 is 16.0 Å². The highest BCUT2D eigenvalue weighted by atomic mass is 16.1. The van der Waals surface area contributed by atoms with Gasteiger partial charge in [0.1, 0.15) is 0 Å². The minimum atomic E-state index is -0.0709. The van der Waals surface area contributed by atoms with Crippen LogP contribution in [0.1, 0.15) is 70.9 Å². The molecule has 150 valence electrons. The summed E-state index contributed by atoms with van der Waals surface area (Å²) in [6, 6.07) is 9.19. The summed E-state index contributed by atoms with van der Waals surface area (Å²) in [6.45, 7) is 9.81. The van der Waals surface area contributed by atoms with E-state index in [1.807, 2.05) is 0 Å². The van der Waals surface area contributed by atoms with Gasteiger partial charge >= 0.3 is 0 Å². The second kappa shape index (κ2) is 9.36. The van der Waals surface area contributed by atoms with E-state index < -0.39 is 0 Å². The Labute approximate surface area is 163 Å². The van der Waals surface area contributed by atoms with Crippen LogP contribution in [0.15, 0.2) is 24.3 Å². The molecule has 1 aromatic carbocycles. The lowest BCUT2D eigenvalue weighted by atomic mass is 9.73. The number of benzene rings is 1. The fourth-order valence-electron chi connectivity index (χ4n) is 3.90. The Kier molecular flexibility index (Phi) is 7.42. The van der Waals surface area contributed by atoms with Crippen molar-refractivity contribution in [3.05, 3.63) is 35.4 Å². The van der Waals surface area contributed by atoms with E-state index in [9.17, 15) is 9.59 Å². The van der Waals surface area contributed by atoms with Crippen molar-refractivity contribution >= 4 is 12.3 Å². The Bertz CT molecular complexity index is 629. The fraction of sp³-hybridized carbons (Fsp3) is 0.636. The predicted molar refractivity (Wildman–Crippen MR) is 110 cm³/mol. The molecule has 1 aliphatic carbocycles. The molecule has 0 aliphatic heterocycles. The highest BCUT2D eigenvalue weighted by Gasteiger charge is 2.36. The molecule has 5 heteroatoms. The maximum absolute atomic E-state index is 11.1. The molecule has 3 N–H and O–H groups in total. The molecule has 5 nitrogen and oxygen atoms in total. The van der Waals surface area contributed by atoms with Crippen molar-refractivity contribution in [1.29, 1.82) is 0 Å². The summed E-state index contributed by atoms with van der Waals surface area (Å²) in [5.74, 6) is 0.0167. The molecule has 0 heterocycles. The number of rotatable bonds is 8. The van der Waals surface area contributed by atoms with Gasteiger partial charge in [-0.3, -0.25) is 9.59 Å². The number of nitrogens with one attached hydrogen (secondary N) is 3. The Morgan fingerprint density at radius 3 is 2.52 bits per heavy atom. The molecule has 1 aliphatic rings. The van der Waals surface area contributed by atoms with Crippen LogP contribution in [0.4, 0.5) is 0 Å². The van der Waals surface area contributed by atoms with E-state index in [1.54, 1.807) is 6.92 Å². The number of amides is 2. The third-order valence-corrected chi connectivity index (χ3v) is 5.61. The van der Waals surface area contributed by atoms with Crippen molar-refractivity contribution in [2.45, 2.75) is 76.8 Å². The fourth-order valence-corrected chi connectivity index (χ4v) is 3.90. The van der Waals surface area contributed by atoms with Crippen LogP contribution in [-0.2, 0) is 20.5 Å². The Morgan fingerprint density at radius 1 is 1.22 bits per heavy atom. The summed E-state index contributed by atoms with van der Waals surface area (Å²) in [6.07, 6.45) is 5.64. The second-order valence-electron chi connectivity index (χ2n) is 8.73. The van der Waals surface area contributed by atoms with E-state index >= 15 is 0 Å². The van der Waals surface area contributed by atoms with Gasteiger partial charge in [-0.15, -0.1) is 0 Å². The molecule has 0 aromatic heterocycles. The standard InChI is InChI=1S/C22H35N3O2/c1-17(27)23-13-6-14-25-22(11-9-20(10-12-22)24-16-26)19-8-5-7-18(15-19)21(2,3)4/h5,7-8,15-16,20,25H,6,9-14H2,1-4H3,(H,23,27)(H,24,26). The maximum atomic E-state index is 11.1. The molecule has 27 heavy (non-hydrogen) atoms. The molecule has 1 fully saturated rings. The molecule has 0 spiro atoms. The van der Waals surface area contributed by atoms with Crippen molar-refractivity contribution in [3.63, 3.8) is 0 Å². The zero-order chi connectivity index (χ0) is 19.9. The number of carbonyl (C=O) groups excluding carboxylic acids is 2. The Balaban J connectivity index is 2.15. The molecular weight excluding hydrogens is 338 g/mol. The molecule has 0 unspecified atom stereocenters. The van der Waals surface area contributed by atoms with E-state index in [0.717, 1.165) is 45.1 Å². The lowest BCUT2D eigenvalue weighted by molar-refractivity contribution is -0.119. The first-order chi connectivity index (χ1) is 12.8. The largest absolute Gasteiger partial charge is 0.356 e. The summed E-state index contributed by atoms with van der Waals surface area (Å²) < 4.78 is 0. The minimum Gasteiger partial charge on any atom is -0.356 e. The topological polar surface area (TPSA) is 70.2 Å². The number of hydrogen-bond donors (Lipinski definition) is 3. The van der Waals surface area contributed by atoms with Crippen LogP contribution in [0.5, 0.6) is 0 Å². The summed E-state index contributed by atoms with van der Waals surface area (Å²) in [5.41, 5.74) is 2.71. The zero-order valence-corrected chi connectivity index (χ0v) is 17.2. The van der Waals surface area contributed by atoms with Gasteiger partial charge in [-0.1, -0.05) is 45.0 Å². The van der Waals surface area contributed by atoms with Crippen LogP contribution >= 0.6 is 0 Å². The van der Waals surface area contributed by atoms with Gasteiger partial charge in [-0.2, -0.15) is 0 Å². The monoisotopic (exact) mass is 373 g/mol. The van der Waals surface area contributed by atoms with Crippen LogP contribution in [0, 0.1) is 0 Å². The molecule has 2 rings (SSSR count). The summed E-state index contributed by atoms with van der Waals surface area (Å²) in [4.78, 5) is 21.9. The van der Waals surface area contributed by atoms with E-state index in [0.29, 0.717) is 6.54 Å². The lowest BCUT2D eigenvalue weighted by Gasteiger charge is -2.42. The van der Waals surface area contributed by atoms with Gasteiger partial charge < -0.3 is 16.0 Å². The van der Waals surface area contributed by atoms with E-state index in [1.165, 1.54) is 11.1 Å². The van der Waals surface area contributed by atoms with Crippen molar-refractivity contribution in [2.24, 2.45) is 0 Å². The lowest BCUT2D eigenvalue weighted by Crippen LogP contribution is -2.49. The predicted octanol–water partition coefficient (Wildman–Crippen LogP) is 2.98. The van der Waals surface area contributed by atoms with Crippen LogP contribution in [0.3, 0.4) is 0 Å². The van der Waals surface area contributed by atoms with E-state index in [4.69, 9.17) is 0 Å². The quantitative estimate of drug-likeness (QED) is 0.485. The zero-order valence-electron chi connectivity index (χ0n) is 17.2. The molecule has 0 bridgehead atoms. The Morgan fingerprint density at radius 2 is 1.93 bits per heavy atom. The Hall–Kier alpha value is -1.88. The highest BCUT2D eigenvalue weighted by Crippen LogP contribution is 2.38. The normalized spacial score (nSPS) is 22.9. The van der Waals surface area contributed by atoms with Gasteiger partial charge in [0, 0.05) is 25.0 Å². The van der Waals surface area contributed by atoms with Gasteiger partial charge in [0.15, 0.2) is 0 Å². The van der Waals surface area contributed by atoms with Crippen LogP contribution in [-0.4, -0.2) is 31.4 Å². The van der Waals surface area contributed by atoms with Crippen molar-refractivity contribution in [2.75, 3.05) is 13.1 Å². The van der Waals surface area contributed by atoms with Crippen molar-refractivity contribution in [1.82, 2.24) is 16.0 Å². The molecule has 0 saturated heterocycles. The molecule has 0 radical (unpaired) electrons. The number of carbonyl (C=O) groups is 2. The molecule has 0 atom stereocenters. The third kappa shape index (κ3) is 6.06. The average Bonchev–Trinajstić information content (AvgIpc) is 2.62. The average molecular weight is 374 g/mol. The van der Waals surface area contributed by atoms with Gasteiger partial charge in [0.25, 0.3) is 0 Å². The number of hydrogen-bond acceptors (Lipinski definition) is 3. The molecule has 1 saturated carbocycles. The first-order valence-electron chi connectivity index (χ1n) is 10.1. The summed E-state index contributed by atoms with van der Waals surface area (Å²) in [7, 11) is 0. The minimum absolute atomic E-state index is 0.0167. The SMILES string of the molecule is CC(=O)NCCCNC1(c2cccc(C(C)(C)C)c2)CCC(NC=O)CC1. The smallest absolute Gasteiger partial charge is 0.216 e. The third-order valence-electron chi connectivity index (χ3n) is 5.61. The first-order valence-corrected chi connectivity index (χ1v) is 10.1. The van der Waals surface area contributed by atoms with E-state index in [-0.39, 0.29) is 22.9 Å². The van der Waals surface area contributed by atoms with E-state index in [2.05, 4.69) is 61.0 Å². The van der Waals surface area contributed by atoms with Crippen molar-refractivity contribution < 1.29 is 9.59 Å². The summed E-state index contributed by atoms with van der Waals surface area (Å²) in [5, 5.41) is 9.60. The second-order valence-corrected chi connectivity index (χ2v) is 8.73. The van der Waals surface area contributed by atoms with Gasteiger partial charge in [0.2, 0.25) is 12.3 Å². The van der Waals surface area contributed by atoms with Crippen LogP contribution in [0.2, 0.25) is 0 Å². The van der Waals surface area contributed by atoms with Crippen molar-refractivity contribution in [3.8, 4) is 0 Å². The molecule has 1 aromatic rings. The van der Waals surface area contributed by atoms with Gasteiger partial charge in [-0.05, 0) is 55.2 Å². The van der Waals surface area contributed by atoms with Crippen LogP contribution in [0.25, 0.3) is 0 Å². The first kappa shape index (κ1) is 21.4. The molecular formula is C22H35N3O2. The maximum Gasteiger partial charge on any atom is 0.216 e. The van der Waals surface area contributed by atoms with Gasteiger partial charge in [-0.25, -0.2) is 0 Å².